The molecule has 0 spiro atoms. The van der Waals surface area contributed by atoms with E-state index in [1.165, 1.54) is 44.9 Å². The van der Waals surface area contributed by atoms with Crippen LogP contribution in [-0.4, -0.2) is 70.1 Å². The van der Waals surface area contributed by atoms with E-state index in [1.54, 1.807) is 11.9 Å². The fraction of sp³-hybridized carbons (Fsp3) is 0.680. The van der Waals surface area contributed by atoms with Crippen LogP contribution in [0, 0.1) is 0 Å². The number of anilines is 1. The number of piperidine rings is 1. The molecule has 32 heavy (non-hydrogen) atoms. The van der Waals surface area contributed by atoms with Gasteiger partial charge in [0.2, 0.25) is 0 Å². The van der Waals surface area contributed by atoms with Crippen molar-refractivity contribution in [3.05, 3.63) is 34.6 Å². The van der Waals surface area contributed by atoms with Crippen LogP contribution >= 0.6 is 0 Å². The van der Waals surface area contributed by atoms with Gasteiger partial charge in [0, 0.05) is 38.8 Å². The number of aliphatic hydroxyl groups excluding tert-OH is 2. The van der Waals surface area contributed by atoms with Gasteiger partial charge in [-0.3, -0.25) is 4.79 Å². The van der Waals surface area contributed by atoms with E-state index in [-0.39, 0.29) is 24.8 Å². The molecule has 2 aromatic rings. The first-order chi connectivity index (χ1) is 15.6. The largest absolute Gasteiger partial charge is 0.394 e. The molecule has 2 aliphatic rings. The van der Waals surface area contributed by atoms with Crippen LogP contribution in [0.25, 0.3) is 11.0 Å². The van der Waals surface area contributed by atoms with Gasteiger partial charge < -0.3 is 24.6 Å². The summed E-state index contributed by atoms with van der Waals surface area (Å²) in [4.78, 5) is 22.5. The molecular weight excluding hydrogens is 404 g/mol. The lowest BCUT2D eigenvalue weighted by Gasteiger charge is -2.39. The van der Waals surface area contributed by atoms with Crippen molar-refractivity contribution in [2.45, 2.75) is 76.0 Å². The van der Waals surface area contributed by atoms with Crippen LogP contribution in [0.5, 0.6) is 0 Å². The Hall–Kier alpha value is -1.96. The van der Waals surface area contributed by atoms with E-state index < -0.39 is 6.10 Å². The van der Waals surface area contributed by atoms with E-state index in [1.807, 2.05) is 28.8 Å². The van der Waals surface area contributed by atoms with Gasteiger partial charge in [0.15, 0.2) is 5.82 Å². The maximum Gasteiger partial charge on any atom is 0.294 e. The van der Waals surface area contributed by atoms with Gasteiger partial charge in [-0.1, -0.05) is 44.2 Å². The van der Waals surface area contributed by atoms with Gasteiger partial charge in [0.25, 0.3) is 5.56 Å². The fourth-order valence-corrected chi connectivity index (χ4v) is 5.52. The number of aliphatic hydroxyl groups is 2. The molecular formula is C25H38N4O3. The number of para-hydroxylation sites is 2. The normalized spacial score (nSPS) is 20.7. The van der Waals surface area contributed by atoms with Crippen molar-refractivity contribution in [2.75, 3.05) is 38.2 Å². The van der Waals surface area contributed by atoms with Crippen molar-refractivity contribution in [2.24, 2.45) is 0 Å². The molecule has 1 atom stereocenters. The third kappa shape index (κ3) is 5.16. The highest BCUT2D eigenvalue weighted by molar-refractivity contribution is 5.76. The smallest absolute Gasteiger partial charge is 0.294 e. The Morgan fingerprint density at radius 1 is 1.03 bits per heavy atom. The minimum absolute atomic E-state index is 0.110. The van der Waals surface area contributed by atoms with Crippen LogP contribution in [0.4, 0.5) is 5.82 Å². The molecule has 0 amide bonds. The Labute approximate surface area is 190 Å². The Morgan fingerprint density at radius 2 is 1.69 bits per heavy atom. The average molecular weight is 443 g/mol. The van der Waals surface area contributed by atoms with Gasteiger partial charge in [-0.2, -0.15) is 0 Å². The van der Waals surface area contributed by atoms with E-state index >= 15 is 0 Å². The fourth-order valence-electron chi connectivity index (χ4n) is 5.52. The van der Waals surface area contributed by atoms with E-state index in [0.29, 0.717) is 11.9 Å². The summed E-state index contributed by atoms with van der Waals surface area (Å²) in [6.45, 7) is 1.89. The maximum absolute atomic E-state index is 13.6. The molecule has 1 aliphatic carbocycles. The summed E-state index contributed by atoms with van der Waals surface area (Å²) < 4.78 is 1.94. The first-order valence-corrected chi connectivity index (χ1v) is 12.3. The van der Waals surface area contributed by atoms with E-state index in [9.17, 15) is 15.0 Å². The average Bonchev–Trinajstić information content (AvgIpc) is 2.78. The van der Waals surface area contributed by atoms with Crippen LogP contribution in [0.3, 0.4) is 0 Å². The Kier molecular flexibility index (Phi) is 7.81. The second kappa shape index (κ2) is 10.8. The van der Waals surface area contributed by atoms with Gasteiger partial charge in [0.1, 0.15) is 0 Å². The molecule has 2 heterocycles. The van der Waals surface area contributed by atoms with Crippen LogP contribution in [-0.2, 0) is 0 Å². The zero-order chi connectivity index (χ0) is 22.5. The lowest BCUT2D eigenvalue weighted by molar-refractivity contribution is 0.101. The molecule has 4 rings (SSSR count). The van der Waals surface area contributed by atoms with Crippen molar-refractivity contribution < 1.29 is 10.2 Å². The summed E-state index contributed by atoms with van der Waals surface area (Å²) in [5, 5.41) is 19.1. The Bertz CT molecular complexity index is 930. The predicted molar refractivity (Wildman–Crippen MR) is 128 cm³/mol. The van der Waals surface area contributed by atoms with Gasteiger partial charge in [-0.05, 0) is 37.8 Å². The van der Waals surface area contributed by atoms with Gasteiger partial charge >= 0.3 is 0 Å². The number of likely N-dealkylation sites (tertiary alicyclic amines) is 1. The van der Waals surface area contributed by atoms with Crippen molar-refractivity contribution in [3.63, 3.8) is 0 Å². The molecule has 1 aliphatic heterocycles. The highest BCUT2D eigenvalue weighted by Crippen LogP contribution is 2.30. The number of nitrogens with zero attached hydrogens (tertiary/aromatic N) is 4. The van der Waals surface area contributed by atoms with E-state index in [4.69, 9.17) is 0 Å². The second-order valence-electron chi connectivity index (χ2n) is 9.58. The molecule has 0 radical (unpaired) electrons. The maximum atomic E-state index is 13.6. The third-order valence-electron chi connectivity index (χ3n) is 7.29. The van der Waals surface area contributed by atoms with Crippen LogP contribution in [0.2, 0.25) is 0 Å². The number of hydrogen-bond donors (Lipinski definition) is 2. The van der Waals surface area contributed by atoms with Crippen LogP contribution in [0.15, 0.2) is 29.1 Å². The summed E-state index contributed by atoms with van der Waals surface area (Å²) in [6.07, 6.45) is 10.4. The third-order valence-corrected chi connectivity index (χ3v) is 7.29. The predicted octanol–water partition coefficient (Wildman–Crippen LogP) is 2.94. The van der Waals surface area contributed by atoms with E-state index in [2.05, 4.69) is 9.88 Å². The summed E-state index contributed by atoms with van der Waals surface area (Å²) in [7, 11) is 1.75. The lowest BCUT2D eigenvalue weighted by atomic mass is 9.93. The molecule has 2 fully saturated rings. The van der Waals surface area contributed by atoms with Crippen molar-refractivity contribution in [3.8, 4) is 0 Å². The van der Waals surface area contributed by atoms with Crippen molar-refractivity contribution in [1.82, 2.24) is 14.5 Å². The molecule has 176 valence electrons. The molecule has 7 nitrogen and oxygen atoms in total. The minimum Gasteiger partial charge on any atom is -0.394 e. The SMILES string of the molecule is CN(CC(O)CO)c1nc2ccccc2n(C2CCN(C3CCCCCCC3)CC2)c1=O. The van der Waals surface area contributed by atoms with Crippen molar-refractivity contribution in [1.29, 1.82) is 0 Å². The molecule has 1 aromatic carbocycles. The van der Waals surface area contributed by atoms with E-state index in [0.717, 1.165) is 37.0 Å². The molecule has 2 N–H and O–H groups in total. The second-order valence-corrected chi connectivity index (χ2v) is 9.58. The lowest BCUT2D eigenvalue weighted by Crippen LogP contribution is -2.44. The van der Waals surface area contributed by atoms with Gasteiger partial charge in [-0.15, -0.1) is 0 Å². The Balaban J connectivity index is 1.57. The summed E-state index contributed by atoms with van der Waals surface area (Å²) in [6, 6.07) is 8.67. The first kappa shape index (κ1) is 23.2. The number of hydrogen-bond acceptors (Lipinski definition) is 6. The zero-order valence-corrected chi connectivity index (χ0v) is 19.3. The van der Waals surface area contributed by atoms with Crippen LogP contribution < -0.4 is 10.5 Å². The van der Waals surface area contributed by atoms with Gasteiger partial charge in [0.05, 0.1) is 23.7 Å². The monoisotopic (exact) mass is 442 g/mol. The molecule has 1 saturated heterocycles. The summed E-state index contributed by atoms with van der Waals surface area (Å²) in [5.41, 5.74) is 1.55. The number of aromatic nitrogens is 2. The van der Waals surface area contributed by atoms with Crippen molar-refractivity contribution >= 4 is 16.9 Å². The number of benzene rings is 1. The summed E-state index contributed by atoms with van der Waals surface area (Å²) in [5.74, 6) is 0.332. The minimum atomic E-state index is -0.909. The summed E-state index contributed by atoms with van der Waals surface area (Å²) >= 11 is 0. The topological polar surface area (TPSA) is 81.8 Å². The number of likely N-dealkylation sites (N-methyl/N-ethyl adjacent to an activating group) is 1. The highest BCUT2D eigenvalue weighted by Gasteiger charge is 2.28. The molecule has 7 heteroatoms. The quantitative estimate of drug-likeness (QED) is 0.716. The number of rotatable bonds is 6. The molecule has 1 aromatic heterocycles. The number of fused-ring (bicyclic) bond motifs is 1. The van der Waals surface area contributed by atoms with Gasteiger partial charge in [-0.25, -0.2) is 4.98 Å². The molecule has 1 saturated carbocycles. The molecule has 1 unspecified atom stereocenters. The highest BCUT2D eigenvalue weighted by atomic mass is 16.3. The molecule has 0 bridgehead atoms. The zero-order valence-electron chi connectivity index (χ0n) is 19.3. The van der Waals surface area contributed by atoms with Crippen LogP contribution in [0.1, 0.15) is 63.8 Å². The Morgan fingerprint density at radius 3 is 2.38 bits per heavy atom. The standard InChI is InChI=1S/C25H38N4O3/c1-27(17-21(31)18-30)24-25(32)29(23-12-8-7-11-22(23)26-24)20-13-15-28(16-14-20)19-9-5-3-2-4-6-10-19/h7-8,11-12,19-21,30-31H,2-6,9-10,13-18H2,1H3. The first-order valence-electron chi connectivity index (χ1n) is 12.3.